The van der Waals surface area contributed by atoms with Crippen LogP contribution < -0.4 is 9.64 Å². The molecule has 0 aromatic heterocycles. The predicted octanol–water partition coefficient (Wildman–Crippen LogP) is 4.12. The number of hydrogen-bond acceptors (Lipinski definition) is 4. The van der Waals surface area contributed by atoms with Gasteiger partial charge in [-0.2, -0.15) is 0 Å². The number of fused-ring (bicyclic) bond motifs is 5. The van der Waals surface area contributed by atoms with Crippen LogP contribution in [0.4, 0.5) is 10.5 Å². The van der Waals surface area contributed by atoms with Gasteiger partial charge in [0, 0.05) is 38.4 Å². The molecule has 2 saturated heterocycles. The zero-order valence-corrected chi connectivity index (χ0v) is 17.3. The number of anilines is 1. The van der Waals surface area contributed by atoms with Gasteiger partial charge < -0.3 is 19.4 Å². The minimum Gasteiger partial charge on any atom is -0.410 e. The van der Waals surface area contributed by atoms with Gasteiger partial charge in [0.2, 0.25) is 0 Å². The maximum atomic E-state index is 13.0. The molecule has 5 nitrogen and oxygen atoms in total. The lowest BCUT2D eigenvalue weighted by atomic mass is 9.86. The molecule has 2 aliphatic heterocycles. The van der Waals surface area contributed by atoms with Crippen LogP contribution in [0, 0.1) is 5.92 Å². The van der Waals surface area contributed by atoms with E-state index >= 15 is 0 Å². The van der Waals surface area contributed by atoms with Crippen molar-refractivity contribution in [1.29, 1.82) is 0 Å². The Morgan fingerprint density at radius 2 is 1.72 bits per heavy atom. The molecule has 0 radical (unpaired) electrons. The van der Waals surface area contributed by atoms with Gasteiger partial charge in [-0.3, -0.25) is 0 Å². The van der Waals surface area contributed by atoms with E-state index in [0.29, 0.717) is 17.6 Å². The lowest BCUT2D eigenvalue weighted by Gasteiger charge is -2.37. The molecule has 1 amide bonds. The summed E-state index contributed by atoms with van der Waals surface area (Å²) in [6.07, 6.45) is 0.770. The van der Waals surface area contributed by atoms with Gasteiger partial charge in [0.25, 0.3) is 0 Å². The molecule has 3 atom stereocenters. The second-order valence-electron chi connectivity index (χ2n) is 8.68. The number of amides is 1. The summed E-state index contributed by atoms with van der Waals surface area (Å²) in [5, 5.41) is 0. The highest BCUT2D eigenvalue weighted by atomic mass is 16.6. The fourth-order valence-electron chi connectivity index (χ4n) is 5.34. The lowest BCUT2D eigenvalue weighted by Crippen LogP contribution is -2.44. The maximum absolute atomic E-state index is 13.0. The molecule has 5 heteroatoms. The van der Waals surface area contributed by atoms with E-state index in [4.69, 9.17) is 4.74 Å². The zero-order chi connectivity index (χ0) is 20.0. The summed E-state index contributed by atoms with van der Waals surface area (Å²) in [4.78, 5) is 19.8. The molecule has 152 valence electrons. The third-order valence-electron chi connectivity index (χ3n) is 6.99. The van der Waals surface area contributed by atoms with E-state index in [1.54, 1.807) is 0 Å². The molecule has 1 aliphatic carbocycles. The number of piperidine rings is 1. The molecule has 29 heavy (non-hydrogen) atoms. The zero-order valence-electron chi connectivity index (χ0n) is 17.3. The number of ether oxygens (including phenoxy) is 1. The lowest BCUT2D eigenvalue weighted by molar-refractivity contribution is 0.0902. The molecule has 2 aromatic rings. The highest BCUT2D eigenvalue weighted by Crippen LogP contribution is 2.53. The average molecular weight is 392 g/mol. The summed E-state index contributed by atoms with van der Waals surface area (Å²) >= 11 is 0. The molecule has 3 aliphatic rings. The molecular formula is C24H29N3O2. The van der Waals surface area contributed by atoms with Crippen molar-refractivity contribution < 1.29 is 9.53 Å². The van der Waals surface area contributed by atoms with Crippen LogP contribution in [0.3, 0.4) is 0 Å². The summed E-state index contributed by atoms with van der Waals surface area (Å²) in [5.74, 6) is 1.57. The van der Waals surface area contributed by atoms with Gasteiger partial charge in [0.1, 0.15) is 5.75 Å². The molecule has 0 N–H and O–H groups in total. The van der Waals surface area contributed by atoms with Crippen LogP contribution in [0.1, 0.15) is 36.4 Å². The molecule has 0 saturated carbocycles. The summed E-state index contributed by atoms with van der Waals surface area (Å²) in [7, 11) is 2.18. The van der Waals surface area contributed by atoms with Crippen LogP contribution in [0.25, 0.3) is 0 Å². The van der Waals surface area contributed by atoms with Gasteiger partial charge in [-0.05, 0) is 60.7 Å². The van der Waals surface area contributed by atoms with Gasteiger partial charge >= 0.3 is 6.09 Å². The number of carbonyl (C=O) groups is 1. The fourth-order valence-corrected chi connectivity index (χ4v) is 5.34. The molecular weight excluding hydrogens is 362 g/mol. The summed E-state index contributed by atoms with van der Waals surface area (Å²) in [6.45, 7) is 7.33. The van der Waals surface area contributed by atoms with Crippen LogP contribution in [-0.2, 0) is 0 Å². The predicted molar refractivity (Wildman–Crippen MR) is 115 cm³/mol. The first kappa shape index (κ1) is 18.5. The number of hydrogen-bond donors (Lipinski definition) is 0. The molecule has 5 rings (SSSR count). The van der Waals surface area contributed by atoms with E-state index in [1.807, 2.05) is 35.2 Å². The quantitative estimate of drug-likeness (QED) is 0.772. The fraction of sp³-hybridized carbons (Fsp3) is 0.458. The molecule has 0 spiro atoms. The Balaban J connectivity index is 1.42. The second-order valence-corrected chi connectivity index (χ2v) is 8.68. The van der Waals surface area contributed by atoms with Gasteiger partial charge in [0.15, 0.2) is 0 Å². The minimum atomic E-state index is -0.232. The van der Waals surface area contributed by atoms with E-state index in [0.717, 1.165) is 39.1 Å². The Morgan fingerprint density at radius 3 is 2.48 bits per heavy atom. The van der Waals surface area contributed by atoms with Crippen LogP contribution in [0.2, 0.25) is 0 Å². The summed E-state index contributed by atoms with van der Waals surface area (Å²) in [5.41, 5.74) is 4.03. The molecule has 2 fully saturated rings. The number of para-hydroxylation sites is 1. The van der Waals surface area contributed by atoms with Gasteiger partial charge in [0.05, 0.1) is 6.04 Å². The van der Waals surface area contributed by atoms with Crippen LogP contribution in [0.15, 0.2) is 48.5 Å². The third-order valence-corrected chi connectivity index (χ3v) is 6.99. The highest BCUT2D eigenvalue weighted by Gasteiger charge is 2.47. The standard InChI is InChI=1S/C24H29N3O2/c1-17-20-10-11-27(24(28)29-19-6-4-3-5-7-19)23(17)22-16-18(8-9-21(20)22)26-14-12-25(2)13-15-26/h3-9,16-17,20,23H,10-15H2,1-2H3/t17-,20?,23?/m0/s1. The van der Waals surface area contributed by atoms with Crippen molar-refractivity contribution in [2.24, 2.45) is 5.92 Å². The summed E-state index contributed by atoms with van der Waals surface area (Å²) in [6, 6.07) is 16.4. The van der Waals surface area contributed by atoms with Crippen molar-refractivity contribution >= 4 is 11.8 Å². The Morgan fingerprint density at radius 1 is 0.966 bits per heavy atom. The van der Waals surface area contributed by atoms with Crippen LogP contribution in [0.5, 0.6) is 5.75 Å². The number of likely N-dealkylation sites (N-methyl/N-ethyl adjacent to an activating group) is 1. The van der Waals surface area contributed by atoms with Crippen molar-refractivity contribution in [3.63, 3.8) is 0 Å². The average Bonchev–Trinajstić information content (AvgIpc) is 2.90. The topological polar surface area (TPSA) is 36.0 Å². The van der Waals surface area contributed by atoms with E-state index in [9.17, 15) is 4.79 Å². The van der Waals surface area contributed by atoms with E-state index in [2.05, 4.69) is 42.0 Å². The largest absolute Gasteiger partial charge is 0.415 e. The van der Waals surface area contributed by atoms with Crippen molar-refractivity contribution in [2.45, 2.75) is 25.3 Å². The SMILES string of the molecule is C[C@H]1C2CCN(C(=O)Oc3ccccc3)C1c1cc(N3CCN(C)CC3)ccc12. The number of carbonyl (C=O) groups excluding carboxylic acids is 1. The van der Waals surface area contributed by atoms with Crippen molar-refractivity contribution in [2.75, 3.05) is 44.7 Å². The number of benzene rings is 2. The highest BCUT2D eigenvalue weighted by molar-refractivity contribution is 5.72. The maximum Gasteiger partial charge on any atom is 0.415 e. The number of rotatable bonds is 2. The first-order chi connectivity index (χ1) is 14.1. The Bertz CT molecular complexity index is 892. The van der Waals surface area contributed by atoms with Gasteiger partial charge in [-0.25, -0.2) is 4.79 Å². The first-order valence-corrected chi connectivity index (χ1v) is 10.7. The number of nitrogens with zero attached hydrogens (tertiary/aromatic N) is 3. The van der Waals surface area contributed by atoms with Crippen LogP contribution in [-0.4, -0.2) is 55.7 Å². The summed E-state index contributed by atoms with van der Waals surface area (Å²) < 4.78 is 5.70. The van der Waals surface area contributed by atoms with E-state index < -0.39 is 0 Å². The van der Waals surface area contributed by atoms with Gasteiger partial charge in [-0.1, -0.05) is 31.2 Å². The Hall–Kier alpha value is -2.53. The molecule has 2 bridgehead atoms. The normalized spacial score (nSPS) is 26.3. The van der Waals surface area contributed by atoms with E-state index in [-0.39, 0.29) is 12.1 Å². The Labute approximate surface area is 172 Å². The van der Waals surface area contributed by atoms with Crippen molar-refractivity contribution in [3.8, 4) is 5.75 Å². The van der Waals surface area contributed by atoms with Gasteiger partial charge in [-0.15, -0.1) is 0 Å². The first-order valence-electron chi connectivity index (χ1n) is 10.7. The van der Waals surface area contributed by atoms with Crippen LogP contribution >= 0.6 is 0 Å². The van der Waals surface area contributed by atoms with E-state index in [1.165, 1.54) is 16.8 Å². The Kier molecular flexibility index (Phi) is 4.70. The smallest absolute Gasteiger partial charge is 0.410 e. The molecule has 2 heterocycles. The minimum absolute atomic E-state index is 0.104. The second kappa shape index (κ2) is 7.38. The monoisotopic (exact) mass is 391 g/mol. The van der Waals surface area contributed by atoms with Crippen molar-refractivity contribution in [1.82, 2.24) is 9.80 Å². The third kappa shape index (κ3) is 3.27. The number of piperazine rings is 1. The molecule has 2 aromatic carbocycles. The molecule has 2 unspecified atom stereocenters. The van der Waals surface area contributed by atoms with Crippen molar-refractivity contribution in [3.05, 3.63) is 59.7 Å². The number of likely N-dealkylation sites (tertiary alicyclic amines) is 1.